The number of amides is 1. The van der Waals surface area contributed by atoms with Gasteiger partial charge in [-0.15, -0.1) is 0 Å². The number of ether oxygens (including phenoxy) is 3. The molecule has 28 heavy (non-hydrogen) atoms. The van der Waals surface area contributed by atoms with Crippen molar-refractivity contribution in [3.63, 3.8) is 0 Å². The first-order valence-electron chi connectivity index (χ1n) is 9.23. The summed E-state index contributed by atoms with van der Waals surface area (Å²) in [6.07, 6.45) is 1.71. The Morgan fingerprint density at radius 1 is 1.14 bits per heavy atom. The van der Waals surface area contributed by atoms with Gasteiger partial charge in [0.2, 0.25) is 0 Å². The third-order valence-electron chi connectivity index (χ3n) is 4.51. The Morgan fingerprint density at radius 2 is 1.93 bits per heavy atom. The SMILES string of the molecule is COc1ccc(C(=O)Nc2ccc(NCCN3CCOCC3)cn2)cc1OC. The molecule has 8 heteroatoms. The standard InChI is InChI=1S/C20H26N4O4/c1-26-17-5-3-15(13-18(17)27-2)20(25)23-19-6-4-16(14-22-19)21-7-8-24-9-11-28-12-10-24/h3-6,13-14,21H,7-12H2,1-2H3,(H,22,23,25). The van der Waals surface area contributed by atoms with Crippen molar-refractivity contribution in [2.24, 2.45) is 0 Å². The van der Waals surface area contributed by atoms with Crippen LogP contribution in [0.1, 0.15) is 10.4 Å². The highest BCUT2D eigenvalue weighted by Crippen LogP contribution is 2.27. The van der Waals surface area contributed by atoms with Crippen molar-refractivity contribution in [3.05, 3.63) is 42.1 Å². The molecule has 1 aromatic carbocycles. The molecular formula is C20H26N4O4. The van der Waals surface area contributed by atoms with Gasteiger partial charge in [-0.3, -0.25) is 9.69 Å². The van der Waals surface area contributed by atoms with Gasteiger partial charge in [0.1, 0.15) is 5.82 Å². The Kier molecular flexibility index (Phi) is 7.05. The zero-order chi connectivity index (χ0) is 19.8. The van der Waals surface area contributed by atoms with Gasteiger partial charge in [0.25, 0.3) is 5.91 Å². The fourth-order valence-electron chi connectivity index (χ4n) is 2.92. The van der Waals surface area contributed by atoms with Crippen LogP contribution >= 0.6 is 0 Å². The molecule has 2 N–H and O–H groups in total. The van der Waals surface area contributed by atoms with Crippen LogP contribution in [0.3, 0.4) is 0 Å². The molecule has 0 atom stereocenters. The van der Waals surface area contributed by atoms with Crippen LogP contribution in [0, 0.1) is 0 Å². The molecule has 0 radical (unpaired) electrons. The molecule has 0 spiro atoms. The molecule has 8 nitrogen and oxygen atoms in total. The maximum absolute atomic E-state index is 12.4. The number of nitrogens with zero attached hydrogens (tertiary/aromatic N) is 2. The fourth-order valence-corrected chi connectivity index (χ4v) is 2.92. The van der Waals surface area contributed by atoms with E-state index in [1.165, 1.54) is 7.11 Å². The molecule has 0 unspecified atom stereocenters. The number of hydrogen-bond acceptors (Lipinski definition) is 7. The minimum atomic E-state index is -0.263. The van der Waals surface area contributed by atoms with E-state index >= 15 is 0 Å². The summed E-state index contributed by atoms with van der Waals surface area (Å²) in [5, 5.41) is 6.13. The number of carbonyl (C=O) groups excluding carboxylic acids is 1. The number of rotatable bonds is 8. The third-order valence-corrected chi connectivity index (χ3v) is 4.51. The number of pyridine rings is 1. The quantitative estimate of drug-likeness (QED) is 0.719. The van der Waals surface area contributed by atoms with Crippen LogP contribution in [0.2, 0.25) is 0 Å². The number of nitrogens with one attached hydrogen (secondary N) is 2. The van der Waals surface area contributed by atoms with Crippen molar-refractivity contribution in [2.45, 2.75) is 0 Å². The Hall–Kier alpha value is -2.84. The van der Waals surface area contributed by atoms with Crippen molar-refractivity contribution in [1.82, 2.24) is 9.88 Å². The highest BCUT2D eigenvalue weighted by atomic mass is 16.5. The Balaban J connectivity index is 1.51. The summed E-state index contributed by atoms with van der Waals surface area (Å²) >= 11 is 0. The lowest BCUT2D eigenvalue weighted by atomic mass is 10.2. The summed E-state index contributed by atoms with van der Waals surface area (Å²) in [5.74, 6) is 1.30. The Labute approximate surface area is 164 Å². The van der Waals surface area contributed by atoms with Gasteiger partial charge in [0, 0.05) is 31.7 Å². The van der Waals surface area contributed by atoms with Gasteiger partial charge in [-0.2, -0.15) is 0 Å². The molecule has 2 aromatic rings. The van der Waals surface area contributed by atoms with E-state index in [1.807, 2.05) is 6.07 Å². The second kappa shape index (κ2) is 9.91. The van der Waals surface area contributed by atoms with Gasteiger partial charge < -0.3 is 24.8 Å². The van der Waals surface area contributed by atoms with Gasteiger partial charge in [0.05, 0.1) is 39.3 Å². The molecule has 1 aliphatic rings. The molecule has 2 heterocycles. The van der Waals surface area contributed by atoms with Crippen molar-refractivity contribution >= 4 is 17.4 Å². The summed E-state index contributed by atoms with van der Waals surface area (Å²) < 4.78 is 15.8. The topological polar surface area (TPSA) is 85.0 Å². The van der Waals surface area contributed by atoms with Gasteiger partial charge in [-0.05, 0) is 30.3 Å². The van der Waals surface area contributed by atoms with Crippen molar-refractivity contribution in [1.29, 1.82) is 0 Å². The Bertz CT molecular complexity index is 776. The highest BCUT2D eigenvalue weighted by Gasteiger charge is 2.12. The minimum absolute atomic E-state index is 0.263. The van der Waals surface area contributed by atoms with Gasteiger partial charge in [0.15, 0.2) is 11.5 Å². The molecule has 0 saturated carbocycles. The molecule has 1 amide bonds. The average Bonchev–Trinajstić information content (AvgIpc) is 2.75. The van der Waals surface area contributed by atoms with E-state index in [0.29, 0.717) is 22.9 Å². The van der Waals surface area contributed by atoms with Crippen molar-refractivity contribution in [3.8, 4) is 11.5 Å². The summed E-state index contributed by atoms with van der Waals surface area (Å²) in [6, 6.07) is 8.68. The van der Waals surface area contributed by atoms with Crippen molar-refractivity contribution in [2.75, 3.05) is 64.2 Å². The number of methoxy groups -OCH3 is 2. The lowest BCUT2D eigenvalue weighted by Crippen LogP contribution is -2.39. The molecule has 0 bridgehead atoms. The molecule has 1 saturated heterocycles. The van der Waals surface area contributed by atoms with E-state index in [1.54, 1.807) is 37.6 Å². The summed E-state index contributed by atoms with van der Waals surface area (Å²) in [7, 11) is 3.09. The normalized spacial score (nSPS) is 14.4. The van der Waals surface area contributed by atoms with Crippen LogP contribution in [-0.4, -0.2) is 69.4 Å². The molecule has 1 fully saturated rings. The largest absolute Gasteiger partial charge is 0.493 e. The van der Waals surface area contributed by atoms with E-state index < -0.39 is 0 Å². The van der Waals surface area contributed by atoms with Gasteiger partial charge >= 0.3 is 0 Å². The number of hydrogen-bond donors (Lipinski definition) is 2. The number of benzene rings is 1. The minimum Gasteiger partial charge on any atom is -0.493 e. The van der Waals surface area contributed by atoms with E-state index in [0.717, 1.165) is 45.1 Å². The first kappa shape index (κ1) is 19.9. The zero-order valence-electron chi connectivity index (χ0n) is 16.2. The molecule has 3 rings (SSSR count). The van der Waals surface area contributed by atoms with Crippen LogP contribution in [0.25, 0.3) is 0 Å². The van der Waals surface area contributed by atoms with E-state index in [4.69, 9.17) is 14.2 Å². The third kappa shape index (κ3) is 5.34. The number of carbonyl (C=O) groups is 1. The molecule has 0 aliphatic carbocycles. The number of aromatic nitrogens is 1. The predicted octanol–water partition coefficient (Wildman–Crippen LogP) is 2.10. The fraction of sp³-hybridized carbons (Fsp3) is 0.400. The lowest BCUT2D eigenvalue weighted by Gasteiger charge is -2.26. The van der Waals surface area contributed by atoms with Crippen LogP contribution in [0.5, 0.6) is 11.5 Å². The van der Waals surface area contributed by atoms with E-state index in [9.17, 15) is 4.79 Å². The molecular weight excluding hydrogens is 360 g/mol. The van der Waals surface area contributed by atoms with E-state index in [-0.39, 0.29) is 5.91 Å². The zero-order valence-corrected chi connectivity index (χ0v) is 16.2. The first-order valence-corrected chi connectivity index (χ1v) is 9.23. The molecule has 1 aromatic heterocycles. The van der Waals surface area contributed by atoms with Crippen LogP contribution < -0.4 is 20.1 Å². The predicted molar refractivity (Wildman–Crippen MR) is 107 cm³/mol. The highest BCUT2D eigenvalue weighted by molar-refractivity contribution is 6.04. The maximum atomic E-state index is 12.4. The second-order valence-corrected chi connectivity index (χ2v) is 6.34. The molecule has 150 valence electrons. The van der Waals surface area contributed by atoms with Crippen LogP contribution in [0.4, 0.5) is 11.5 Å². The molecule has 1 aliphatic heterocycles. The maximum Gasteiger partial charge on any atom is 0.256 e. The number of anilines is 2. The second-order valence-electron chi connectivity index (χ2n) is 6.34. The smallest absolute Gasteiger partial charge is 0.256 e. The Morgan fingerprint density at radius 3 is 2.61 bits per heavy atom. The van der Waals surface area contributed by atoms with Gasteiger partial charge in [-0.1, -0.05) is 0 Å². The summed E-state index contributed by atoms with van der Waals surface area (Å²) in [5.41, 5.74) is 1.38. The van der Waals surface area contributed by atoms with Crippen LogP contribution in [0.15, 0.2) is 36.5 Å². The average molecular weight is 386 g/mol. The van der Waals surface area contributed by atoms with Crippen LogP contribution in [-0.2, 0) is 4.74 Å². The first-order chi connectivity index (χ1) is 13.7. The van der Waals surface area contributed by atoms with Gasteiger partial charge in [-0.25, -0.2) is 4.98 Å². The number of morpholine rings is 1. The summed E-state index contributed by atoms with van der Waals surface area (Å²) in [4.78, 5) is 19.1. The van der Waals surface area contributed by atoms with E-state index in [2.05, 4.69) is 20.5 Å². The lowest BCUT2D eigenvalue weighted by molar-refractivity contribution is 0.0398. The van der Waals surface area contributed by atoms with Crippen molar-refractivity contribution < 1.29 is 19.0 Å². The summed E-state index contributed by atoms with van der Waals surface area (Å²) in [6.45, 7) is 5.34. The monoisotopic (exact) mass is 386 g/mol.